The first-order valence-electron chi connectivity index (χ1n) is 7.06. The van der Waals surface area contributed by atoms with Crippen molar-refractivity contribution < 1.29 is 0 Å². The number of hydrogen-bond donors (Lipinski definition) is 1. The molecule has 0 aromatic heterocycles. The first kappa shape index (κ1) is 15.6. The van der Waals surface area contributed by atoms with Gasteiger partial charge in [0.15, 0.2) is 0 Å². The summed E-state index contributed by atoms with van der Waals surface area (Å²) in [5.74, 6) is 1.95. The maximum atomic E-state index is 3.51. The van der Waals surface area contributed by atoms with Crippen LogP contribution in [-0.2, 0) is 6.54 Å². The van der Waals surface area contributed by atoms with Crippen LogP contribution < -0.4 is 5.32 Å². The van der Waals surface area contributed by atoms with Crippen molar-refractivity contribution in [3.63, 3.8) is 0 Å². The summed E-state index contributed by atoms with van der Waals surface area (Å²) in [7, 11) is 0. The fourth-order valence-corrected chi connectivity index (χ4v) is 2.88. The summed E-state index contributed by atoms with van der Waals surface area (Å²) < 4.78 is 0. The molecular weight excluding hydrogens is 238 g/mol. The van der Waals surface area contributed by atoms with E-state index in [9.17, 15) is 0 Å². The molecule has 0 aliphatic rings. The minimum Gasteiger partial charge on any atom is -0.312 e. The molecule has 2 heteroatoms. The topological polar surface area (TPSA) is 12.0 Å². The Hall–Kier alpha value is -0.470. The van der Waals surface area contributed by atoms with E-state index in [1.807, 2.05) is 11.8 Å². The fraction of sp³-hybridized carbons (Fsp3) is 0.625. The zero-order chi connectivity index (χ0) is 13.4. The molecule has 0 aliphatic carbocycles. The minimum absolute atomic E-state index is 0.717. The van der Waals surface area contributed by atoms with E-state index in [-0.39, 0.29) is 0 Å². The van der Waals surface area contributed by atoms with E-state index in [0.717, 1.165) is 13.1 Å². The van der Waals surface area contributed by atoms with Crippen molar-refractivity contribution in [2.45, 2.75) is 52.0 Å². The van der Waals surface area contributed by atoms with Crippen molar-refractivity contribution in [3.8, 4) is 0 Å². The number of aryl methyl sites for hydroxylation is 1. The van der Waals surface area contributed by atoms with Crippen molar-refractivity contribution in [2.24, 2.45) is 5.92 Å². The Balaban J connectivity index is 2.46. The highest BCUT2D eigenvalue weighted by Gasteiger charge is 2.01. The Kier molecular flexibility index (Phi) is 7.45. The van der Waals surface area contributed by atoms with E-state index in [2.05, 4.69) is 51.2 Å². The quantitative estimate of drug-likeness (QED) is 0.543. The highest BCUT2D eigenvalue weighted by atomic mass is 32.2. The van der Waals surface area contributed by atoms with Gasteiger partial charge in [-0.2, -0.15) is 0 Å². The molecule has 0 saturated carbocycles. The predicted octanol–water partition coefficient (Wildman–Crippen LogP) is 4.63. The Labute approximate surface area is 117 Å². The highest BCUT2D eigenvalue weighted by Crippen LogP contribution is 2.22. The molecule has 18 heavy (non-hydrogen) atoms. The molecule has 1 aromatic carbocycles. The highest BCUT2D eigenvalue weighted by molar-refractivity contribution is 7.99. The largest absolute Gasteiger partial charge is 0.312 e. The molecule has 1 nitrogen and oxygen atoms in total. The van der Waals surface area contributed by atoms with Crippen LogP contribution in [0.4, 0.5) is 0 Å². The molecule has 0 aliphatic heterocycles. The molecule has 1 rings (SSSR count). The molecule has 0 bridgehead atoms. The third kappa shape index (κ3) is 5.92. The van der Waals surface area contributed by atoms with Crippen LogP contribution in [0, 0.1) is 12.8 Å². The third-order valence-electron chi connectivity index (χ3n) is 2.95. The van der Waals surface area contributed by atoms with Crippen LogP contribution >= 0.6 is 11.8 Å². The van der Waals surface area contributed by atoms with Crippen LogP contribution in [0.2, 0.25) is 0 Å². The van der Waals surface area contributed by atoms with Crippen molar-refractivity contribution >= 4 is 11.8 Å². The minimum atomic E-state index is 0.717. The van der Waals surface area contributed by atoms with Gasteiger partial charge in [0.1, 0.15) is 0 Å². The summed E-state index contributed by atoms with van der Waals surface area (Å²) in [4.78, 5) is 1.41. The zero-order valence-corrected chi connectivity index (χ0v) is 13.1. The molecule has 102 valence electrons. The van der Waals surface area contributed by atoms with Crippen molar-refractivity contribution in [3.05, 3.63) is 29.3 Å². The third-order valence-corrected chi connectivity index (χ3v) is 4.03. The van der Waals surface area contributed by atoms with E-state index >= 15 is 0 Å². The van der Waals surface area contributed by atoms with Gasteiger partial charge < -0.3 is 5.32 Å². The van der Waals surface area contributed by atoms with E-state index < -0.39 is 0 Å². The van der Waals surface area contributed by atoms with Gasteiger partial charge in [0.25, 0.3) is 0 Å². The Morgan fingerprint density at radius 2 is 2.06 bits per heavy atom. The lowest BCUT2D eigenvalue weighted by Gasteiger charge is -2.11. The van der Waals surface area contributed by atoms with Gasteiger partial charge in [-0.1, -0.05) is 33.3 Å². The Morgan fingerprint density at radius 1 is 1.28 bits per heavy atom. The van der Waals surface area contributed by atoms with Gasteiger partial charge in [0.2, 0.25) is 0 Å². The molecule has 0 atom stereocenters. The number of nitrogens with one attached hydrogen (secondary N) is 1. The van der Waals surface area contributed by atoms with Crippen molar-refractivity contribution in [1.29, 1.82) is 0 Å². The summed E-state index contributed by atoms with van der Waals surface area (Å²) in [6, 6.07) is 6.86. The van der Waals surface area contributed by atoms with Crippen LogP contribution in [-0.4, -0.2) is 12.3 Å². The maximum absolute atomic E-state index is 3.51. The van der Waals surface area contributed by atoms with Crippen LogP contribution in [0.25, 0.3) is 0 Å². The second-order valence-electron chi connectivity index (χ2n) is 5.32. The molecule has 0 spiro atoms. The van der Waals surface area contributed by atoms with E-state index in [4.69, 9.17) is 0 Å². The molecule has 0 saturated heterocycles. The van der Waals surface area contributed by atoms with Gasteiger partial charge in [-0.25, -0.2) is 0 Å². The van der Waals surface area contributed by atoms with Crippen molar-refractivity contribution in [2.75, 3.05) is 12.3 Å². The molecule has 0 unspecified atom stereocenters. The van der Waals surface area contributed by atoms with E-state index in [0.29, 0.717) is 5.92 Å². The summed E-state index contributed by atoms with van der Waals surface area (Å²) in [6.07, 6.45) is 2.59. The van der Waals surface area contributed by atoms with Gasteiger partial charge >= 0.3 is 0 Å². The zero-order valence-electron chi connectivity index (χ0n) is 12.3. The number of hydrogen-bond acceptors (Lipinski definition) is 2. The number of unbranched alkanes of at least 4 members (excludes halogenated alkanes) is 1. The van der Waals surface area contributed by atoms with Crippen LogP contribution in [0.15, 0.2) is 23.1 Å². The number of thioether (sulfide) groups is 1. The number of rotatable bonds is 8. The van der Waals surface area contributed by atoms with Gasteiger partial charge in [-0.15, -0.1) is 11.8 Å². The van der Waals surface area contributed by atoms with E-state index in [1.54, 1.807) is 0 Å². The molecule has 0 heterocycles. The lowest BCUT2D eigenvalue weighted by atomic mass is 10.1. The lowest BCUT2D eigenvalue weighted by molar-refractivity contribution is 0.551. The molecular formula is C16H27NS. The first-order chi connectivity index (χ1) is 8.63. The average molecular weight is 265 g/mol. The molecule has 0 radical (unpaired) electrons. The molecule has 1 N–H and O–H groups in total. The Morgan fingerprint density at radius 3 is 2.67 bits per heavy atom. The van der Waals surface area contributed by atoms with Gasteiger partial charge in [0.05, 0.1) is 0 Å². The predicted molar refractivity (Wildman–Crippen MR) is 83.4 cm³/mol. The van der Waals surface area contributed by atoms with Gasteiger partial charge in [-0.3, -0.25) is 0 Å². The van der Waals surface area contributed by atoms with Gasteiger partial charge in [-0.05, 0) is 54.8 Å². The Bertz CT molecular complexity index is 347. The molecule has 0 fully saturated rings. The molecule has 1 aromatic rings. The maximum Gasteiger partial charge on any atom is 0.0208 e. The number of benzene rings is 1. The van der Waals surface area contributed by atoms with Crippen LogP contribution in [0.3, 0.4) is 0 Å². The summed E-state index contributed by atoms with van der Waals surface area (Å²) in [6.45, 7) is 11.0. The standard InChI is InChI=1S/C16H27NS/c1-5-6-9-18-16-8-7-15(14(4)10-16)12-17-11-13(2)3/h7-8,10,13,17H,5-6,9,11-12H2,1-4H3. The molecule has 0 amide bonds. The summed E-state index contributed by atoms with van der Waals surface area (Å²) in [5.41, 5.74) is 2.84. The van der Waals surface area contributed by atoms with Crippen LogP contribution in [0.5, 0.6) is 0 Å². The monoisotopic (exact) mass is 265 g/mol. The normalized spacial score (nSPS) is 11.2. The average Bonchev–Trinajstić information content (AvgIpc) is 2.32. The summed E-state index contributed by atoms with van der Waals surface area (Å²) >= 11 is 1.98. The first-order valence-corrected chi connectivity index (χ1v) is 8.05. The lowest BCUT2D eigenvalue weighted by Crippen LogP contribution is -2.19. The van der Waals surface area contributed by atoms with E-state index in [1.165, 1.54) is 34.6 Å². The van der Waals surface area contributed by atoms with Gasteiger partial charge in [0, 0.05) is 11.4 Å². The summed E-state index contributed by atoms with van der Waals surface area (Å²) in [5, 5.41) is 3.51. The smallest absolute Gasteiger partial charge is 0.0208 e. The second kappa shape index (κ2) is 8.60. The SMILES string of the molecule is CCCCSc1ccc(CNCC(C)C)c(C)c1. The van der Waals surface area contributed by atoms with Crippen LogP contribution in [0.1, 0.15) is 44.7 Å². The van der Waals surface area contributed by atoms with Crippen molar-refractivity contribution in [1.82, 2.24) is 5.32 Å². The second-order valence-corrected chi connectivity index (χ2v) is 6.48. The fourth-order valence-electron chi connectivity index (χ4n) is 1.79.